The average molecular weight is 235 g/mol. The van der Waals surface area contributed by atoms with Gasteiger partial charge in [-0.05, 0) is 18.2 Å². The predicted molar refractivity (Wildman–Crippen MR) is 58.0 cm³/mol. The SMILES string of the molecule is CN(C)S(=O)ONc1cccc(Cl)c1. The largest absolute Gasteiger partial charge is 0.259 e. The lowest BCUT2D eigenvalue weighted by Crippen LogP contribution is -2.20. The lowest BCUT2D eigenvalue weighted by molar-refractivity contribution is 0.397. The van der Waals surface area contributed by atoms with E-state index in [-0.39, 0.29) is 0 Å². The van der Waals surface area contributed by atoms with E-state index in [0.717, 1.165) is 0 Å². The van der Waals surface area contributed by atoms with E-state index in [1.165, 1.54) is 4.31 Å². The minimum Gasteiger partial charge on any atom is -0.250 e. The quantitative estimate of drug-likeness (QED) is 0.809. The van der Waals surface area contributed by atoms with Gasteiger partial charge in [-0.25, -0.2) is 8.51 Å². The van der Waals surface area contributed by atoms with Crippen molar-refractivity contribution >= 4 is 28.6 Å². The van der Waals surface area contributed by atoms with Crippen molar-refractivity contribution in [2.45, 2.75) is 0 Å². The van der Waals surface area contributed by atoms with Gasteiger partial charge in [0.15, 0.2) is 0 Å². The summed E-state index contributed by atoms with van der Waals surface area (Å²) in [7, 11) is 3.30. The van der Waals surface area contributed by atoms with Crippen molar-refractivity contribution in [3.63, 3.8) is 0 Å². The lowest BCUT2D eigenvalue weighted by Gasteiger charge is -2.09. The third kappa shape index (κ3) is 3.63. The maximum atomic E-state index is 11.1. The van der Waals surface area contributed by atoms with Gasteiger partial charge in [-0.15, -0.1) is 0 Å². The number of nitrogens with one attached hydrogen (secondary N) is 1. The molecule has 1 unspecified atom stereocenters. The highest BCUT2D eigenvalue weighted by Gasteiger charge is 2.02. The molecule has 0 bridgehead atoms. The molecule has 0 fully saturated rings. The van der Waals surface area contributed by atoms with Gasteiger partial charge >= 0.3 is 0 Å². The van der Waals surface area contributed by atoms with E-state index < -0.39 is 11.3 Å². The number of hydrogen-bond acceptors (Lipinski definition) is 3. The highest BCUT2D eigenvalue weighted by Crippen LogP contribution is 2.14. The molecule has 78 valence electrons. The van der Waals surface area contributed by atoms with Crippen LogP contribution in [0.15, 0.2) is 24.3 Å². The second-order valence-corrected chi connectivity index (χ2v) is 4.49. The third-order valence-corrected chi connectivity index (χ3v) is 2.41. The van der Waals surface area contributed by atoms with Crippen molar-refractivity contribution in [2.24, 2.45) is 0 Å². The summed E-state index contributed by atoms with van der Waals surface area (Å²) in [6.45, 7) is 0. The summed E-state index contributed by atoms with van der Waals surface area (Å²) < 4.78 is 17.4. The fourth-order valence-corrected chi connectivity index (χ4v) is 1.22. The molecular weight excluding hydrogens is 224 g/mol. The van der Waals surface area contributed by atoms with E-state index in [1.807, 2.05) is 0 Å². The zero-order valence-electron chi connectivity index (χ0n) is 7.86. The van der Waals surface area contributed by atoms with Crippen LogP contribution in [0.1, 0.15) is 0 Å². The summed E-state index contributed by atoms with van der Waals surface area (Å²) in [5.74, 6) is 0. The van der Waals surface area contributed by atoms with Crippen molar-refractivity contribution < 1.29 is 8.49 Å². The number of nitrogens with zero attached hydrogens (tertiary/aromatic N) is 1. The van der Waals surface area contributed by atoms with Crippen LogP contribution in [0, 0.1) is 0 Å². The summed E-state index contributed by atoms with van der Waals surface area (Å²) in [4.78, 5) is 0. The molecule has 1 N–H and O–H groups in total. The van der Waals surface area contributed by atoms with Gasteiger partial charge in [0, 0.05) is 19.1 Å². The van der Waals surface area contributed by atoms with Gasteiger partial charge in [0.05, 0.1) is 5.69 Å². The summed E-state index contributed by atoms with van der Waals surface area (Å²) in [5, 5.41) is 0.592. The molecule has 0 amide bonds. The maximum Gasteiger partial charge on any atom is 0.259 e. The molecule has 1 atom stereocenters. The van der Waals surface area contributed by atoms with Crippen molar-refractivity contribution in [3.8, 4) is 0 Å². The van der Waals surface area contributed by atoms with Gasteiger partial charge < -0.3 is 0 Å². The molecule has 0 radical (unpaired) electrons. The molecule has 1 aromatic carbocycles. The first-order chi connectivity index (χ1) is 6.59. The number of rotatable bonds is 4. The second-order valence-electron chi connectivity index (χ2n) is 2.73. The van der Waals surface area contributed by atoms with Crippen LogP contribution in [0.4, 0.5) is 5.69 Å². The number of anilines is 1. The molecule has 14 heavy (non-hydrogen) atoms. The Bertz CT molecular complexity index is 333. The van der Waals surface area contributed by atoms with Gasteiger partial charge in [0.1, 0.15) is 0 Å². The first-order valence-corrected chi connectivity index (χ1v) is 5.28. The number of hydrogen-bond donors (Lipinski definition) is 1. The zero-order valence-corrected chi connectivity index (χ0v) is 9.43. The molecule has 1 aromatic rings. The van der Waals surface area contributed by atoms with Crippen LogP contribution in [0.25, 0.3) is 0 Å². The lowest BCUT2D eigenvalue weighted by atomic mass is 10.3. The Kier molecular flexibility index (Phi) is 4.34. The van der Waals surface area contributed by atoms with Crippen LogP contribution in [0.2, 0.25) is 5.02 Å². The van der Waals surface area contributed by atoms with Crippen molar-refractivity contribution in [1.82, 2.24) is 4.31 Å². The Hall–Kier alpha value is -0.620. The molecule has 0 aliphatic heterocycles. The fourth-order valence-electron chi connectivity index (χ4n) is 0.710. The standard InChI is InChI=1S/C8H11ClN2O2S/c1-11(2)14(12)13-10-8-5-3-4-7(9)6-8/h3-6,10H,1-2H3. The fraction of sp³-hybridized carbons (Fsp3) is 0.250. The number of halogens is 1. The molecule has 6 heteroatoms. The average Bonchev–Trinajstić information content (AvgIpc) is 2.14. The molecule has 0 aromatic heterocycles. The Morgan fingerprint density at radius 3 is 2.79 bits per heavy atom. The molecule has 0 saturated heterocycles. The first-order valence-electron chi connectivity index (χ1n) is 3.87. The Morgan fingerprint density at radius 2 is 2.21 bits per heavy atom. The minimum absolute atomic E-state index is 0.592. The van der Waals surface area contributed by atoms with E-state index in [0.29, 0.717) is 10.7 Å². The third-order valence-electron chi connectivity index (χ3n) is 1.35. The molecule has 0 aliphatic carbocycles. The van der Waals surface area contributed by atoms with Gasteiger partial charge in [0.25, 0.3) is 11.3 Å². The normalized spacial score (nSPS) is 12.9. The molecule has 0 aliphatic rings. The van der Waals surface area contributed by atoms with Crippen LogP contribution in [0.5, 0.6) is 0 Å². The van der Waals surface area contributed by atoms with Crippen LogP contribution < -0.4 is 5.48 Å². The van der Waals surface area contributed by atoms with E-state index in [2.05, 4.69) is 5.48 Å². The van der Waals surface area contributed by atoms with Crippen molar-refractivity contribution in [1.29, 1.82) is 0 Å². The summed E-state index contributed by atoms with van der Waals surface area (Å²) in [6.07, 6.45) is 0. The van der Waals surface area contributed by atoms with Gasteiger partial charge in [-0.2, -0.15) is 4.28 Å². The molecule has 4 nitrogen and oxygen atoms in total. The van der Waals surface area contributed by atoms with E-state index in [4.69, 9.17) is 15.9 Å². The second kappa shape index (κ2) is 5.31. The Morgan fingerprint density at radius 1 is 1.50 bits per heavy atom. The maximum absolute atomic E-state index is 11.1. The highest BCUT2D eigenvalue weighted by atomic mass is 35.5. The van der Waals surface area contributed by atoms with E-state index in [9.17, 15) is 4.21 Å². The summed E-state index contributed by atoms with van der Waals surface area (Å²) in [5.41, 5.74) is 3.20. The molecule has 0 heterocycles. The summed E-state index contributed by atoms with van der Waals surface area (Å²) in [6, 6.07) is 6.95. The number of benzene rings is 1. The first kappa shape index (κ1) is 11.5. The Labute approximate surface area is 90.6 Å². The highest BCUT2D eigenvalue weighted by molar-refractivity contribution is 7.77. The monoisotopic (exact) mass is 234 g/mol. The molecule has 1 rings (SSSR count). The molecule has 0 saturated carbocycles. The summed E-state index contributed by atoms with van der Waals surface area (Å²) >= 11 is 4.24. The van der Waals surface area contributed by atoms with Crippen molar-refractivity contribution in [2.75, 3.05) is 19.6 Å². The van der Waals surface area contributed by atoms with E-state index in [1.54, 1.807) is 38.4 Å². The predicted octanol–water partition coefficient (Wildman–Crippen LogP) is 1.82. The van der Waals surface area contributed by atoms with Gasteiger partial charge in [-0.1, -0.05) is 17.7 Å². The zero-order chi connectivity index (χ0) is 10.6. The minimum atomic E-state index is -1.50. The van der Waals surface area contributed by atoms with E-state index >= 15 is 0 Å². The van der Waals surface area contributed by atoms with Crippen LogP contribution in [-0.2, 0) is 15.6 Å². The Balaban J connectivity index is 2.50. The van der Waals surface area contributed by atoms with Crippen molar-refractivity contribution in [3.05, 3.63) is 29.3 Å². The van der Waals surface area contributed by atoms with Gasteiger partial charge in [0.2, 0.25) is 0 Å². The molecular formula is C8H11ClN2O2S. The van der Waals surface area contributed by atoms with Crippen LogP contribution in [-0.4, -0.2) is 22.6 Å². The van der Waals surface area contributed by atoms with Gasteiger partial charge in [-0.3, -0.25) is 5.48 Å². The van der Waals surface area contributed by atoms with Crippen LogP contribution >= 0.6 is 11.6 Å². The molecule has 0 spiro atoms. The van der Waals surface area contributed by atoms with Crippen LogP contribution in [0.3, 0.4) is 0 Å². The smallest absolute Gasteiger partial charge is 0.250 e. The topological polar surface area (TPSA) is 41.6 Å².